The number of benzene rings is 2. The monoisotopic (exact) mass is 385 g/mol. The summed E-state index contributed by atoms with van der Waals surface area (Å²) >= 11 is 8.02. The molecule has 96 valence electrons. The van der Waals surface area contributed by atoms with E-state index in [9.17, 15) is 4.79 Å². The van der Waals surface area contributed by atoms with Crippen molar-refractivity contribution in [1.82, 2.24) is 0 Å². The van der Waals surface area contributed by atoms with Gasteiger partial charge in [0.25, 0.3) is 0 Å². The highest BCUT2D eigenvalue weighted by Gasteiger charge is 2.08. The zero-order valence-electron chi connectivity index (χ0n) is 9.68. The average molecular weight is 386 g/mol. The number of halogens is 2. The van der Waals surface area contributed by atoms with E-state index < -0.39 is 5.97 Å². The quantitative estimate of drug-likeness (QED) is 0.629. The summed E-state index contributed by atoms with van der Waals surface area (Å²) in [5.41, 5.74) is 1.59. The van der Waals surface area contributed by atoms with Crippen molar-refractivity contribution >= 4 is 52.1 Å². The molecular formula is C14H9ClINO2. The number of aliphatic imine (C=N–C) groups is 1. The van der Waals surface area contributed by atoms with Crippen LogP contribution in [0.2, 0.25) is 5.02 Å². The molecule has 0 aliphatic carbocycles. The lowest BCUT2D eigenvalue weighted by molar-refractivity contribution is 0.0697. The first-order valence-electron chi connectivity index (χ1n) is 5.39. The fraction of sp³-hybridized carbons (Fsp3) is 0. The van der Waals surface area contributed by atoms with E-state index in [4.69, 9.17) is 16.7 Å². The molecular weight excluding hydrogens is 377 g/mol. The molecule has 0 spiro atoms. The minimum atomic E-state index is -1.06. The molecule has 0 fully saturated rings. The molecule has 0 unspecified atom stereocenters. The van der Waals surface area contributed by atoms with E-state index in [1.807, 2.05) is 24.3 Å². The van der Waals surface area contributed by atoms with Crippen molar-refractivity contribution in [2.45, 2.75) is 0 Å². The molecule has 0 aliphatic heterocycles. The van der Waals surface area contributed by atoms with Crippen LogP contribution in [0.4, 0.5) is 5.69 Å². The third-order valence-electron chi connectivity index (χ3n) is 2.44. The van der Waals surface area contributed by atoms with E-state index in [2.05, 4.69) is 27.6 Å². The summed E-state index contributed by atoms with van der Waals surface area (Å²) in [6.07, 6.45) is 1.71. The van der Waals surface area contributed by atoms with Crippen LogP contribution in [0.25, 0.3) is 0 Å². The SMILES string of the molecule is O=C(O)c1cc(N=Cc2ccccc2I)ccc1Cl. The Balaban J connectivity index is 2.32. The predicted molar refractivity (Wildman–Crippen MR) is 84.8 cm³/mol. The van der Waals surface area contributed by atoms with Gasteiger partial charge >= 0.3 is 5.97 Å². The summed E-state index contributed by atoms with van der Waals surface area (Å²) in [5, 5.41) is 9.19. The molecule has 2 aromatic rings. The summed E-state index contributed by atoms with van der Waals surface area (Å²) in [4.78, 5) is 15.2. The second-order valence-electron chi connectivity index (χ2n) is 3.75. The number of hydrogen-bond donors (Lipinski definition) is 1. The third kappa shape index (κ3) is 3.54. The Bertz CT molecular complexity index is 656. The van der Waals surface area contributed by atoms with Gasteiger partial charge in [-0.3, -0.25) is 4.99 Å². The molecule has 3 nitrogen and oxygen atoms in total. The number of carboxylic acids is 1. The van der Waals surface area contributed by atoms with Gasteiger partial charge in [-0.25, -0.2) is 4.79 Å². The predicted octanol–water partition coefficient (Wildman–Crippen LogP) is 4.39. The van der Waals surface area contributed by atoms with Gasteiger partial charge < -0.3 is 5.11 Å². The van der Waals surface area contributed by atoms with Gasteiger partial charge in [-0.05, 0) is 46.9 Å². The Labute approximate surface area is 129 Å². The second kappa shape index (κ2) is 6.16. The highest BCUT2D eigenvalue weighted by molar-refractivity contribution is 14.1. The number of aromatic carboxylic acids is 1. The molecule has 0 aliphatic rings. The van der Waals surface area contributed by atoms with E-state index in [1.165, 1.54) is 12.1 Å². The van der Waals surface area contributed by atoms with Crippen LogP contribution in [0.3, 0.4) is 0 Å². The summed E-state index contributed by atoms with van der Waals surface area (Å²) in [6, 6.07) is 12.5. The standard InChI is InChI=1S/C14H9ClINO2/c15-12-6-5-10(7-11(12)14(18)19)17-8-9-3-1-2-4-13(9)16/h1-8H,(H,18,19). The lowest BCUT2D eigenvalue weighted by Gasteiger charge is -2.01. The number of carboxylic acid groups (broad SMARTS) is 1. The van der Waals surface area contributed by atoms with Crippen LogP contribution < -0.4 is 0 Å². The Hall–Kier alpha value is -1.40. The van der Waals surface area contributed by atoms with Gasteiger partial charge in [-0.1, -0.05) is 29.8 Å². The first-order valence-corrected chi connectivity index (χ1v) is 6.85. The van der Waals surface area contributed by atoms with Crippen LogP contribution in [0.15, 0.2) is 47.5 Å². The van der Waals surface area contributed by atoms with Crippen LogP contribution in [0.5, 0.6) is 0 Å². The molecule has 5 heteroatoms. The number of hydrogen-bond acceptors (Lipinski definition) is 2. The summed E-state index contributed by atoms with van der Waals surface area (Å²) in [5.74, 6) is -1.06. The van der Waals surface area contributed by atoms with Crippen molar-refractivity contribution in [1.29, 1.82) is 0 Å². The number of carbonyl (C=O) groups is 1. The average Bonchev–Trinajstić information content (AvgIpc) is 2.39. The zero-order chi connectivity index (χ0) is 13.8. The highest BCUT2D eigenvalue weighted by atomic mass is 127. The number of rotatable bonds is 3. The molecule has 0 saturated carbocycles. The van der Waals surface area contributed by atoms with Crippen molar-refractivity contribution in [3.63, 3.8) is 0 Å². The Morgan fingerprint density at radius 3 is 2.68 bits per heavy atom. The first-order chi connectivity index (χ1) is 9.08. The first kappa shape index (κ1) is 14.0. The van der Waals surface area contributed by atoms with Gasteiger partial charge in [0.1, 0.15) is 0 Å². The second-order valence-corrected chi connectivity index (χ2v) is 5.32. The van der Waals surface area contributed by atoms with Crippen molar-refractivity contribution in [2.24, 2.45) is 4.99 Å². The lowest BCUT2D eigenvalue weighted by Crippen LogP contribution is -1.96. The molecule has 0 amide bonds. The van der Waals surface area contributed by atoms with E-state index in [0.29, 0.717) is 5.69 Å². The van der Waals surface area contributed by atoms with E-state index >= 15 is 0 Å². The lowest BCUT2D eigenvalue weighted by atomic mass is 10.2. The van der Waals surface area contributed by atoms with Crippen molar-refractivity contribution in [3.8, 4) is 0 Å². The van der Waals surface area contributed by atoms with Crippen molar-refractivity contribution < 1.29 is 9.90 Å². The topological polar surface area (TPSA) is 49.7 Å². The Morgan fingerprint density at radius 2 is 2.00 bits per heavy atom. The molecule has 0 atom stereocenters. The maximum atomic E-state index is 11.0. The van der Waals surface area contributed by atoms with Crippen LogP contribution >= 0.6 is 34.2 Å². The molecule has 0 bridgehead atoms. The van der Waals surface area contributed by atoms with Crippen LogP contribution in [-0.2, 0) is 0 Å². The van der Waals surface area contributed by atoms with Gasteiger partial charge in [0.15, 0.2) is 0 Å². The minimum absolute atomic E-state index is 0.0547. The summed E-state index contributed by atoms with van der Waals surface area (Å²) in [7, 11) is 0. The van der Waals surface area contributed by atoms with Gasteiger partial charge in [0, 0.05) is 15.3 Å². The molecule has 19 heavy (non-hydrogen) atoms. The van der Waals surface area contributed by atoms with E-state index in [1.54, 1.807) is 12.3 Å². The Morgan fingerprint density at radius 1 is 1.26 bits per heavy atom. The number of nitrogens with zero attached hydrogens (tertiary/aromatic N) is 1. The Kier molecular flexibility index (Phi) is 4.55. The van der Waals surface area contributed by atoms with Gasteiger partial charge in [0.05, 0.1) is 16.3 Å². The zero-order valence-corrected chi connectivity index (χ0v) is 12.6. The fourth-order valence-electron chi connectivity index (χ4n) is 1.48. The maximum Gasteiger partial charge on any atom is 0.337 e. The van der Waals surface area contributed by atoms with Gasteiger partial charge in [-0.15, -0.1) is 0 Å². The van der Waals surface area contributed by atoms with Crippen molar-refractivity contribution in [3.05, 3.63) is 62.2 Å². The van der Waals surface area contributed by atoms with Gasteiger partial charge in [-0.2, -0.15) is 0 Å². The third-order valence-corrected chi connectivity index (χ3v) is 3.75. The van der Waals surface area contributed by atoms with Gasteiger partial charge in [0.2, 0.25) is 0 Å². The molecule has 0 aromatic heterocycles. The largest absolute Gasteiger partial charge is 0.478 e. The van der Waals surface area contributed by atoms with Crippen molar-refractivity contribution in [2.75, 3.05) is 0 Å². The molecule has 2 aromatic carbocycles. The molecule has 0 saturated heterocycles. The fourth-order valence-corrected chi connectivity index (χ4v) is 2.21. The summed E-state index contributed by atoms with van der Waals surface area (Å²) < 4.78 is 1.08. The molecule has 0 heterocycles. The van der Waals surface area contributed by atoms with Crippen LogP contribution in [0.1, 0.15) is 15.9 Å². The normalized spacial score (nSPS) is 10.8. The van der Waals surface area contributed by atoms with E-state index in [0.717, 1.165) is 9.13 Å². The molecule has 1 N–H and O–H groups in total. The molecule has 2 rings (SSSR count). The smallest absolute Gasteiger partial charge is 0.337 e. The van der Waals surface area contributed by atoms with Crippen LogP contribution in [0, 0.1) is 3.57 Å². The van der Waals surface area contributed by atoms with E-state index in [-0.39, 0.29) is 10.6 Å². The highest BCUT2D eigenvalue weighted by Crippen LogP contribution is 2.22. The van der Waals surface area contributed by atoms with Crippen LogP contribution in [-0.4, -0.2) is 17.3 Å². The maximum absolute atomic E-state index is 11.0. The molecule has 0 radical (unpaired) electrons. The summed E-state index contributed by atoms with van der Waals surface area (Å²) in [6.45, 7) is 0. The minimum Gasteiger partial charge on any atom is -0.478 e.